The second-order valence-corrected chi connectivity index (χ2v) is 7.16. The second-order valence-electron chi connectivity index (χ2n) is 7.16. The molecule has 1 aromatic carbocycles. The topological polar surface area (TPSA) is 32.3 Å². The Morgan fingerprint density at radius 1 is 1.18 bits per heavy atom. The van der Waals surface area contributed by atoms with Crippen molar-refractivity contribution in [2.24, 2.45) is 11.8 Å². The van der Waals surface area contributed by atoms with Gasteiger partial charge in [-0.15, -0.1) is 0 Å². The number of benzene rings is 1. The van der Waals surface area contributed by atoms with Crippen LogP contribution in [0.2, 0.25) is 0 Å². The molecule has 3 heteroatoms. The van der Waals surface area contributed by atoms with Crippen molar-refractivity contribution in [2.75, 3.05) is 13.1 Å². The number of hydrogen-bond donors (Lipinski definition) is 1. The molecule has 3 rings (SSSR count). The third kappa shape index (κ3) is 3.19. The van der Waals surface area contributed by atoms with Crippen molar-refractivity contribution in [1.29, 1.82) is 0 Å². The third-order valence-electron chi connectivity index (χ3n) is 5.33. The smallest absolute Gasteiger partial charge is 0.226 e. The van der Waals surface area contributed by atoms with Gasteiger partial charge in [0, 0.05) is 24.5 Å². The van der Waals surface area contributed by atoms with Crippen molar-refractivity contribution in [1.82, 2.24) is 10.2 Å². The van der Waals surface area contributed by atoms with Crippen LogP contribution in [0.1, 0.15) is 38.7 Å². The first-order valence-electron chi connectivity index (χ1n) is 8.73. The summed E-state index contributed by atoms with van der Waals surface area (Å²) in [5, 5.41) is 3.49. The summed E-state index contributed by atoms with van der Waals surface area (Å²) in [6, 6.07) is 11.3. The molecule has 2 bridgehead atoms. The first-order chi connectivity index (χ1) is 10.7. The lowest BCUT2D eigenvalue weighted by molar-refractivity contribution is -0.139. The van der Waals surface area contributed by atoms with E-state index in [0.29, 0.717) is 23.9 Å². The average molecular weight is 300 g/mol. The summed E-state index contributed by atoms with van der Waals surface area (Å²) in [6.07, 6.45) is 4.33. The summed E-state index contributed by atoms with van der Waals surface area (Å²) in [5.74, 6) is 0.863. The largest absolute Gasteiger partial charge is 0.335 e. The third-order valence-corrected chi connectivity index (χ3v) is 5.33. The van der Waals surface area contributed by atoms with Gasteiger partial charge in [0.15, 0.2) is 0 Å². The fraction of sp³-hybridized carbons (Fsp3) is 0.632. The van der Waals surface area contributed by atoms with Gasteiger partial charge in [-0.1, -0.05) is 44.2 Å². The normalized spacial score (nSPS) is 26.0. The van der Waals surface area contributed by atoms with Crippen LogP contribution >= 0.6 is 0 Å². The molecule has 22 heavy (non-hydrogen) atoms. The molecule has 2 aliphatic rings. The Labute approximate surface area is 134 Å². The lowest BCUT2D eigenvalue weighted by Crippen LogP contribution is -2.47. The summed E-state index contributed by atoms with van der Waals surface area (Å²) in [6.45, 7) is 6.39. The van der Waals surface area contributed by atoms with Gasteiger partial charge >= 0.3 is 0 Å². The van der Waals surface area contributed by atoms with E-state index >= 15 is 0 Å². The Morgan fingerprint density at radius 3 is 2.64 bits per heavy atom. The molecule has 0 aromatic heterocycles. The Bertz CT molecular complexity index is 485. The zero-order chi connectivity index (χ0) is 15.5. The molecule has 2 aliphatic heterocycles. The number of nitrogens with one attached hydrogen (secondary N) is 1. The number of hydrogen-bond acceptors (Lipinski definition) is 2. The molecular weight excluding hydrogens is 272 g/mol. The van der Waals surface area contributed by atoms with Crippen molar-refractivity contribution in [2.45, 2.75) is 51.6 Å². The van der Waals surface area contributed by atoms with Crippen LogP contribution in [0.5, 0.6) is 0 Å². The quantitative estimate of drug-likeness (QED) is 0.927. The highest BCUT2D eigenvalue weighted by Crippen LogP contribution is 2.32. The van der Waals surface area contributed by atoms with E-state index in [-0.39, 0.29) is 5.92 Å². The van der Waals surface area contributed by atoms with E-state index in [4.69, 9.17) is 0 Å². The highest BCUT2D eigenvalue weighted by Gasteiger charge is 2.40. The van der Waals surface area contributed by atoms with Gasteiger partial charge in [-0.25, -0.2) is 0 Å². The van der Waals surface area contributed by atoms with Gasteiger partial charge in [0.05, 0.1) is 0 Å². The van der Waals surface area contributed by atoms with Crippen LogP contribution < -0.4 is 5.32 Å². The minimum absolute atomic E-state index is 0.101. The van der Waals surface area contributed by atoms with E-state index in [9.17, 15) is 4.79 Å². The van der Waals surface area contributed by atoms with Gasteiger partial charge in [-0.2, -0.15) is 0 Å². The monoisotopic (exact) mass is 300 g/mol. The van der Waals surface area contributed by atoms with Crippen molar-refractivity contribution in [3.05, 3.63) is 35.9 Å². The molecule has 1 N–H and O–H groups in total. The molecule has 0 saturated carbocycles. The van der Waals surface area contributed by atoms with E-state index in [2.05, 4.69) is 48.3 Å². The van der Waals surface area contributed by atoms with Crippen molar-refractivity contribution in [3.8, 4) is 0 Å². The van der Waals surface area contributed by atoms with Crippen LogP contribution in [0.3, 0.4) is 0 Å². The molecule has 2 fully saturated rings. The molecule has 1 amide bonds. The highest BCUT2D eigenvalue weighted by atomic mass is 16.2. The lowest BCUT2D eigenvalue weighted by atomic mass is 9.87. The van der Waals surface area contributed by atoms with Crippen LogP contribution in [0.25, 0.3) is 0 Å². The van der Waals surface area contributed by atoms with Gasteiger partial charge in [0.2, 0.25) is 5.91 Å². The molecule has 0 aliphatic carbocycles. The van der Waals surface area contributed by atoms with E-state index in [0.717, 1.165) is 25.9 Å². The van der Waals surface area contributed by atoms with Crippen LogP contribution in [0.4, 0.5) is 0 Å². The van der Waals surface area contributed by atoms with E-state index in [1.54, 1.807) is 0 Å². The van der Waals surface area contributed by atoms with Gasteiger partial charge in [-0.05, 0) is 43.7 Å². The number of carbonyl (C=O) groups excluding carboxylic acids is 1. The number of rotatable bonds is 4. The first-order valence-corrected chi connectivity index (χ1v) is 8.73. The zero-order valence-electron chi connectivity index (χ0n) is 13.8. The van der Waals surface area contributed by atoms with E-state index < -0.39 is 0 Å². The number of carbonyl (C=O) groups is 1. The summed E-state index contributed by atoms with van der Waals surface area (Å²) in [4.78, 5) is 15.5. The summed E-state index contributed by atoms with van der Waals surface area (Å²) in [5.41, 5.74) is 1.27. The summed E-state index contributed by atoms with van der Waals surface area (Å²) >= 11 is 0. The predicted molar refractivity (Wildman–Crippen MR) is 89.6 cm³/mol. The van der Waals surface area contributed by atoms with Crippen LogP contribution in [-0.4, -0.2) is 36.0 Å². The fourth-order valence-electron chi connectivity index (χ4n) is 4.01. The maximum Gasteiger partial charge on any atom is 0.226 e. The van der Waals surface area contributed by atoms with E-state index in [1.807, 2.05) is 6.07 Å². The zero-order valence-corrected chi connectivity index (χ0v) is 13.8. The Hall–Kier alpha value is -1.35. The number of nitrogens with zero attached hydrogens (tertiary/aromatic N) is 1. The molecule has 3 nitrogen and oxygen atoms in total. The van der Waals surface area contributed by atoms with Gasteiger partial charge in [-0.3, -0.25) is 4.79 Å². The molecule has 120 valence electrons. The second kappa shape index (κ2) is 6.82. The van der Waals surface area contributed by atoms with Gasteiger partial charge in [0.25, 0.3) is 0 Å². The molecule has 3 unspecified atom stereocenters. The minimum Gasteiger partial charge on any atom is -0.335 e. The van der Waals surface area contributed by atoms with Crippen LogP contribution in [-0.2, 0) is 11.2 Å². The van der Waals surface area contributed by atoms with Crippen LogP contribution in [0, 0.1) is 11.8 Å². The maximum atomic E-state index is 13.3. The predicted octanol–water partition coefficient (Wildman–Crippen LogP) is 2.85. The Balaban J connectivity index is 1.77. The standard InChI is InChI=1S/C19H28N2O/c1-14(2)18(12-15-6-4-3-5-7-15)19(22)21-16-8-9-17(21)13-20-11-10-16/h3-7,14,16-18,20H,8-13H2,1-2H3. The number of amides is 1. The molecule has 2 heterocycles. The summed E-state index contributed by atoms with van der Waals surface area (Å²) < 4.78 is 0. The Kier molecular flexibility index (Phi) is 4.82. The van der Waals surface area contributed by atoms with Crippen molar-refractivity contribution in [3.63, 3.8) is 0 Å². The van der Waals surface area contributed by atoms with Gasteiger partial charge in [0.1, 0.15) is 0 Å². The SMILES string of the molecule is CC(C)C(Cc1ccccc1)C(=O)N1C2CCNCC1CC2. The van der Waals surface area contributed by atoms with Crippen molar-refractivity contribution >= 4 is 5.91 Å². The molecule has 3 atom stereocenters. The maximum absolute atomic E-state index is 13.3. The average Bonchev–Trinajstić information content (AvgIpc) is 2.78. The molecular formula is C19H28N2O. The first kappa shape index (κ1) is 15.5. The minimum atomic E-state index is 0.101. The number of fused-ring (bicyclic) bond motifs is 2. The van der Waals surface area contributed by atoms with E-state index in [1.165, 1.54) is 18.4 Å². The Morgan fingerprint density at radius 2 is 1.91 bits per heavy atom. The summed E-state index contributed by atoms with van der Waals surface area (Å²) in [7, 11) is 0. The molecule has 2 saturated heterocycles. The molecule has 1 aromatic rings. The fourth-order valence-corrected chi connectivity index (χ4v) is 4.01. The molecule has 0 spiro atoms. The molecule has 0 radical (unpaired) electrons. The van der Waals surface area contributed by atoms with Crippen LogP contribution in [0.15, 0.2) is 30.3 Å². The highest BCUT2D eigenvalue weighted by molar-refractivity contribution is 5.80. The van der Waals surface area contributed by atoms with Gasteiger partial charge < -0.3 is 10.2 Å². The van der Waals surface area contributed by atoms with Crippen molar-refractivity contribution < 1.29 is 4.79 Å². The lowest BCUT2D eigenvalue weighted by Gasteiger charge is -2.33.